The maximum Gasteiger partial charge on any atom is 0.338 e. The summed E-state index contributed by atoms with van der Waals surface area (Å²) in [5, 5.41) is 0. The molecule has 0 N–H and O–H groups in total. The standard InChI is InChI=1S/C28H38O2/c1-3-7-23-14-18-26(19-15-23)28(29)30-27-20-16-25(17-21-27)9-6-5-8-24-12-10-22(4-2)11-13-24/h5,8,14-15,18-19,22,24-25,27H,3-4,7,10-13,16-17,20-21H2,1-2H3/b8-5+. The molecule has 0 spiro atoms. The second-order valence-corrected chi connectivity index (χ2v) is 9.16. The fourth-order valence-electron chi connectivity index (χ4n) is 4.78. The summed E-state index contributed by atoms with van der Waals surface area (Å²) in [4.78, 5) is 12.4. The van der Waals surface area contributed by atoms with E-state index < -0.39 is 0 Å². The zero-order valence-corrected chi connectivity index (χ0v) is 18.9. The summed E-state index contributed by atoms with van der Waals surface area (Å²) < 4.78 is 5.75. The first-order valence-corrected chi connectivity index (χ1v) is 12.2. The molecule has 2 fully saturated rings. The van der Waals surface area contributed by atoms with Gasteiger partial charge in [0.05, 0.1) is 5.56 Å². The van der Waals surface area contributed by atoms with Crippen LogP contribution in [-0.2, 0) is 11.2 Å². The number of esters is 1. The lowest BCUT2D eigenvalue weighted by Gasteiger charge is -2.25. The van der Waals surface area contributed by atoms with Crippen molar-refractivity contribution in [3.05, 3.63) is 47.5 Å². The van der Waals surface area contributed by atoms with E-state index in [0.29, 0.717) is 11.5 Å². The number of hydrogen-bond acceptors (Lipinski definition) is 2. The maximum atomic E-state index is 12.4. The van der Waals surface area contributed by atoms with Gasteiger partial charge in [-0.1, -0.05) is 56.7 Å². The summed E-state index contributed by atoms with van der Waals surface area (Å²) in [6.45, 7) is 4.48. The smallest absolute Gasteiger partial charge is 0.338 e. The van der Waals surface area contributed by atoms with Crippen LogP contribution in [0, 0.1) is 29.6 Å². The quantitative estimate of drug-likeness (QED) is 0.371. The fourth-order valence-corrected chi connectivity index (χ4v) is 4.78. The number of allylic oxidation sites excluding steroid dienone is 2. The minimum absolute atomic E-state index is 0.0372. The van der Waals surface area contributed by atoms with Gasteiger partial charge in [0.1, 0.15) is 6.10 Å². The van der Waals surface area contributed by atoms with E-state index in [-0.39, 0.29) is 12.1 Å². The van der Waals surface area contributed by atoms with Crippen LogP contribution in [0.1, 0.15) is 94.0 Å². The highest BCUT2D eigenvalue weighted by atomic mass is 16.5. The zero-order chi connectivity index (χ0) is 21.2. The lowest BCUT2D eigenvalue weighted by molar-refractivity contribution is 0.0188. The van der Waals surface area contributed by atoms with Gasteiger partial charge in [0.25, 0.3) is 0 Å². The first-order chi connectivity index (χ1) is 14.7. The van der Waals surface area contributed by atoms with E-state index in [9.17, 15) is 4.79 Å². The molecule has 2 saturated carbocycles. The molecule has 2 nitrogen and oxygen atoms in total. The number of rotatable bonds is 6. The van der Waals surface area contributed by atoms with E-state index in [2.05, 4.69) is 37.8 Å². The normalized spacial score (nSPS) is 26.7. The highest BCUT2D eigenvalue weighted by Crippen LogP contribution is 2.31. The maximum absolute atomic E-state index is 12.4. The number of ether oxygens (including phenoxy) is 1. The minimum Gasteiger partial charge on any atom is -0.459 e. The Hall–Kier alpha value is -2.01. The topological polar surface area (TPSA) is 26.3 Å². The molecule has 162 valence electrons. The lowest BCUT2D eigenvalue weighted by atomic mass is 9.81. The summed E-state index contributed by atoms with van der Waals surface area (Å²) in [6.07, 6.45) is 17.3. The van der Waals surface area contributed by atoms with Crippen molar-refractivity contribution in [3.8, 4) is 11.8 Å². The number of aryl methyl sites for hydroxylation is 1. The predicted molar refractivity (Wildman–Crippen MR) is 124 cm³/mol. The van der Waals surface area contributed by atoms with E-state index in [1.807, 2.05) is 24.3 Å². The Labute approximate surface area is 183 Å². The molecule has 0 radical (unpaired) electrons. The Balaban J connectivity index is 1.37. The number of carbonyl (C=O) groups is 1. The molecule has 1 aromatic carbocycles. The summed E-state index contributed by atoms with van der Waals surface area (Å²) in [6, 6.07) is 7.86. The highest BCUT2D eigenvalue weighted by Gasteiger charge is 2.23. The van der Waals surface area contributed by atoms with Gasteiger partial charge in [-0.05, 0) is 93.4 Å². The Morgan fingerprint density at radius 3 is 2.33 bits per heavy atom. The molecule has 0 unspecified atom stereocenters. The van der Waals surface area contributed by atoms with E-state index in [0.717, 1.165) is 50.4 Å². The molecule has 0 aromatic heterocycles. The average molecular weight is 407 g/mol. The second-order valence-electron chi connectivity index (χ2n) is 9.16. The van der Waals surface area contributed by atoms with Gasteiger partial charge in [-0.25, -0.2) is 4.79 Å². The van der Waals surface area contributed by atoms with Gasteiger partial charge >= 0.3 is 5.97 Å². The number of benzene rings is 1. The van der Waals surface area contributed by atoms with Gasteiger partial charge in [-0.2, -0.15) is 0 Å². The molecule has 0 aliphatic heterocycles. The van der Waals surface area contributed by atoms with Crippen LogP contribution in [0.25, 0.3) is 0 Å². The molecule has 1 aromatic rings. The van der Waals surface area contributed by atoms with Crippen molar-refractivity contribution in [2.24, 2.45) is 17.8 Å². The van der Waals surface area contributed by atoms with Gasteiger partial charge in [0.15, 0.2) is 0 Å². The molecule has 0 bridgehead atoms. The van der Waals surface area contributed by atoms with Gasteiger partial charge in [0.2, 0.25) is 0 Å². The van der Waals surface area contributed by atoms with Crippen LogP contribution in [0.3, 0.4) is 0 Å². The van der Waals surface area contributed by atoms with Crippen LogP contribution >= 0.6 is 0 Å². The minimum atomic E-state index is -0.187. The molecule has 0 atom stereocenters. The summed E-state index contributed by atoms with van der Waals surface area (Å²) >= 11 is 0. The predicted octanol–water partition coefficient (Wildman–Crippen LogP) is 7.13. The Morgan fingerprint density at radius 1 is 1.00 bits per heavy atom. The number of hydrogen-bond donors (Lipinski definition) is 0. The van der Waals surface area contributed by atoms with Crippen molar-refractivity contribution in [3.63, 3.8) is 0 Å². The Bertz CT molecular complexity index is 733. The fraction of sp³-hybridized carbons (Fsp3) is 0.607. The average Bonchev–Trinajstić information content (AvgIpc) is 2.79. The van der Waals surface area contributed by atoms with Gasteiger partial charge in [-0.15, -0.1) is 0 Å². The molecule has 0 amide bonds. The molecule has 2 heteroatoms. The van der Waals surface area contributed by atoms with Crippen LogP contribution < -0.4 is 0 Å². The Kier molecular flexibility index (Phi) is 9.06. The zero-order valence-electron chi connectivity index (χ0n) is 18.9. The van der Waals surface area contributed by atoms with Crippen molar-refractivity contribution in [2.45, 2.75) is 90.6 Å². The molecule has 2 aliphatic carbocycles. The first-order valence-electron chi connectivity index (χ1n) is 12.2. The summed E-state index contributed by atoms with van der Waals surface area (Å²) in [5.74, 6) is 8.65. The van der Waals surface area contributed by atoms with Crippen LogP contribution in [0.2, 0.25) is 0 Å². The Morgan fingerprint density at radius 2 is 1.70 bits per heavy atom. The third-order valence-electron chi connectivity index (χ3n) is 6.88. The van der Waals surface area contributed by atoms with Gasteiger partial charge < -0.3 is 4.74 Å². The van der Waals surface area contributed by atoms with Gasteiger partial charge in [-0.3, -0.25) is 0 Å². The van der Waals surface area contributed by atoms with Gasteiger partial charge in [0, 0.05) is 5.92 Å². The molecule has 30 heavy (non-hydrogen) atoms. The molecular weight excluding hydrogens is 368 g/mol. The third-order valence-corrected chi connectivity index (χ3v) is 6.88. The third kappa shape index (κ3) is 7.05. The highest BCUT2D eigenvalue weighted by molar-refractivity contribution is 5.89. The molecule has 2 aliphatic rings. The molecule has 0 saturated heterocycles. The van der Waals surface area contributed by atoms with Crippen LogP contribution in [0.5, 0.6) is 0 Å². The lowest BCUT2D eigenvalue weighted by Crippen LogP contribution is -2.24. The van der Waals surface area contributed by atoms with Crippen molar-refractivity contribution in [1.82, 2.24) is 0 Å². The van der Waals surface area contributed by atoms with Crippen LogP contribution in [0.4, 0.5) is 0 Å². The van der Waals surface area contributed by atoms with Crippen molar-refractivity contribution in [2.75, 3.05) is 0 Å². The van der Waals surface area contributed by atoms with E-state index in [4.69, 9.17) is 4.74 Å². The second kappa shape index (κ2) is 12.0. The van der Waals surface area contributed by atoms with E-state index in [1.165, 1.54) is 37.7 Å². The largest absolute Gasteiger partial charge is 0.459 e. The number of carbonyl (C=O) groups excluding carboxylic acids is 1. The van der Waals surface area contributed by atoms with Crippen LogP contribution in [-0.4, -0.2) is 12.1 Å². The SMILES string of the molecule is CCCc1ccc(C(=O)OC2CCC(C#C/C=C/C3CCC(CC)CC3)CC2)cc1. The summed E-state index contributed by atoms with van der Waals surface area (Å²) in [5.41, 5.74) is 1.94. The monoisotopic (exact) mass is 406 g/mol. The van der Waals surface area contributed by atoms with E-state index in [1.54, 1.807) is 0 Å². The summed E-state index contributed by atoms with van der Waals surface area (Å²) in [7, 11) is 0. The van der Waals surface area contributed by atoms with Crippen LogP contribution in [0.15, 0.2) is 36.4 Å². The van der Waals surface area contributed by atoms with Crippen molar-refractivity contribution < 1.29 is 9.53 Å². The molecule has 0 heterocycles. The molecule has 3 rings (SSSR count). The van der Waals surface area contributed by atoms with Crippen molar-refractivity contribution >= 4 is 5.97 Å². The molecular formula is C28H38O2. The van der Waals surface area contributed by atoms with E-state index >= 15 is 0 Å². The first kappa shape index (κ1) is 22.7. The van der Waals surface area contributed by atoms with Crippen molar-refractivity contribution in [1.29, 1.82) is 0 Å².